The standard InChI is InChI=1S/C19H22N4O/c1-24-15-9-5-8-14-16(15)17-18(23-14)19(22-12-21-17)20-11-10-13-6-3-2-4-7-13/h5-6,8-9,12,23H,2-4,7,10-11H2,1H3,(H,20,21,22). The highest BCUT2D eigenvalue weighted by atomic mass is 16.5. The number of hydrogen-bond donors (Lipinski definition) is 2. The average Bonchev–Trinajstić information content (AvgIpc) is 3.02. The first-order chi connectivity index (χ1) is 11.9. The smallest absolute Gasteiger partial charge is 0.153 e. The van der Waals surface area contributed by atoms with E-state index in [2.05, 4.69) is 26.3 Å². The minimum Gasteiger partial charge on any atom is -0.496 e. The molecule has 0 fully saturated rings. The Kier molecular flexibility index (Phi) is 4.07. The van der Waals surface area contributed by atoms with Gasteiger partial charge in [-0.1, -0.05) is 17.7 Å². The largest absolute Gasteiger partial charge is 0.496 e. The van der Waals surface area contributed by atoms with Gasteiger partial charge in [0.1, 0.15) is 23.1 Å². The van der Waals surface area contributed by atoms with Crippen molar-refractivity contribution in [2.45, 2.75) is 32.1 Å². The topological polar surface area (TPSA) is 62.8 Å². The van der Waals surface area contributed by atoms with Crippen LogP contribution in [0.2, 0.25) is 0 Å². The van der Waals surface area contributed by atoms with Crippen LogP contribution < -0.4 is 10.1 Å². The number of aromatic nitrogens is 3. The number of anilines is 1. The third-order valence-corrected chi connectivity index (χ3v) is 4.71. The molecule has 0 spiro atoms. The van der Waals surface area contributed by atoms with Crippen LogP contribution >= 0.6 is 0 Å². The molecule has 5 heteroatoms. The Bertz CT molecular complexity index is 897. The van der Waals surface area contributed by atoms with Crippen molar-refractivity contribution in [2.75, 3.05) is 19.0 Å². The van der Waals surface area contributed by atoms with Gasteiger partial charge >= 0.3 is 0 Å². The molecular weight excluding hydrogens is 300 g/mol. The van der Waals surface area contributed by atoms with Crippen LogP contribution in [0.15, 0.2) is 36.2 Å². The van der Waals surface area contributed by atoms with Crippen LogP contribution in [-0.2, 0) is 0 Å². The Labute approximate surface area is 141 Å². The van der Waals surface area contributed by atoms with Crippen molar-refractivity contribution in [1.29, 1.82) is 0 Å². The van der Waals surface area contributed by atoms with Crippen molar-refractivity contribution in [3.05, 3.63) is 36.2 Å². The molecule has 0 unspecified atom stereocenters. The van der Waals surface area contributed by atoms with Crippen LogP contribution in [0.4, 0.5) is 5.82 Å². The van der Waals surface area contributed by atoms with Crippen LogP contribution in [0, 0.1) is 0 Å². The number of hydrogen-bond acceptors (Lipinski definition) is 4. The third kappa shape index (κ3) is 2.70. The van der Waals surface area contributed by atoms with Crippen molar-refractivity contribution < 1.29 is 4.74 Å². The predicted octanol–water partition coefficient (Wildman–Crippen LogP) is 4.42. The summed E-state index contributed by atoms with van der Waals surface area (Å²) >= 11 is 0. The van der Waals surface area contributed by atoms with Gasteiger partial charge in [-0.2, -0.15) is 0 Å². The van der Waals surface area contributed by atoms with Gasteiger partial charge in [-0.3, -0.25) is 0 Å². The summed E-state index contributed by atoms with van der Waals surface area (Å²) in [7, 11) is 1.69. The quantitative estimate of drug-likeness (QED) is 0.682. The van der Waals surface area contributed by atoms with Gasteiger partial charge in [0, 0.05) is 6.54 Å². The first-order valence-corrected chi connectivity index (χ1v) is 8.58. The lowest BCUT2D eigenvalue weighted by molar-refractivity contribution is 0.420. The van der Waals surface area contributed by atoms with Gasteiger partial charge in [0.05, 0.1) is 18.0 Å². The number of benzene rings is 1. The number of fused-ring (bicyclic) bond motifs is 3. The molecule has 0 radical (unpaired) electrons. The Hall–Kier alpha value is -2.56. The van der Waals surface area contributed by atoms with Crippen LogP contribution in [0.5, 0.6) is 5.75 Å². The SMILES string of the molecule is COc1cccc2[nH]c3c(NCCC4=CCCCC4)ncnc3c12. The van der Waals surface area contributed by atoms with Crippen LogP contribution in [0.25, 0.3) is 21.9 Å². The lowest BCUT2D eigenvalue weighted by Gasteiger charge is -2.13. The molecule has 4 rings (SSSR count). The fourth-order valence-electron chi connectivity index (χ4n) is 3.49. The van der Waals surface area contributed by atoms with E-state index in [1.165, 1.54) is 25.7 Å². The summed E-state index contributed by atoms with van der Waals surface area (Å²) in [5, 5.41) is 4.48. The van der Waals surface area contributed by atoms with Crippen molar-refractivity contribution in [3.8, 4) is 5.75 Å². The number of rotatable bonds is 5. The molecular formula is C19H22N4O. The van der Waals surface area contributed by atoms with Crippen molar-refractivity contribution in [1.82, 2.24) is 15.0 Å². The van der Waals surface area contributed by atoms with E-state index in [1.807, 2.05) is 18.2 Å². The molecule has 2 aromatic heterocycles. The van der Waals surface area contributed by atoms with Gasteiger partial charge in [-0.05, 0) is 44.2 Å². The average molecular weight is 322 g/mol. The molecule has 24 heavy (non-hydrogen) atoms. The molecule has 1 aromatic carbocycles. The van der Waals surface area contributed by atoms with Crippen LogP contribution in [0.1, 0.15) is 32.1 Å². The van der Waals surface area contributed by atoms with Crippen LogP contribution in [-0.4, -0.2) is 28.6 Å². The first-order valence-electron chi connectivity index (χ1n) is 8.58. The van der Waals surface area contributed by atoms with Crippen molar-refractivity contribution >= 4 is 27.8 Å². The number of aromatic amines is 1. The van der Waals surface area contributed by atoms with E-state index in [-0.39, 0.29) is 0 Å². The van der Waals surface area contributed by atoms with E-state index in [0.717, 1.165) is 46.5 Å². The highest BCUT2D eigenvalue weighted by molar-refractivity contribution is 6.10. The third-order valence-electron chi connectivity index (χ3n) is 4.71. The highest BCUT2D eigenvalue weighted by Gasteiger charge is 2.14. The molecule has 2 N–H and O–H groups in total. The number of nitrogens with one attached hydrogen (secondary N) is 2. The molecule has 0 aliphatic heterocycles. The van der Waals surface area contributed by atoms with Gasteiger partial charge in [0.2, 0.25) is 0 Å². The Balaban J connectivity index is 1.62. The molecule has 124 valence electrons. The Morgan fingerprint density at radius 2 is 2.21 bits per heavy atom. The maximum atomic E-state index is 5.49. The summed E-state index contributed by atoms with van der Waals surface area (Å²) < 4.78 is 5.49. The van der Waals surface area contributed by atoms with Gasteiger partial charge in [0.15, 0.2) is 5.82 Å². The molecule has 3 aromatic rings. The molecule has 1 aliphatic rings. The molecule has 5 nitrogen and oxygen atoms in total. The molecule has 0 atom stereocenters. The zero-order chi connectivity index (χ0) is 16.4. The highest BCUT2D eigenvalue weighted by Crippen LogP contribution is 2.33. The van der Waals surface area contributed by atoms with Gasteiger partial charge in [-0.15, -0.1) is 0 Å². The Morgan fingerprint density at radius 3 is 3.04 bits per heavy atom. The minimum atomic E-state index is 0.829. The molecule has 0 bridgehead atoms. The van der Waals surface area contributed by atoms with Gasteiger partial charge in [-0.25, -0.2) is 9.97 Å². The molecule has 1 aliphatic carbocycles. The first kappa shape index (κ1) is 15.0. The second-order valence-corrected chi connectivity index (χ2v) is 6.24. The molecule has 0 saturated heterocycles. The van der Waals surface area contributed by atoms with E-state index in [0.29, 0.717) is 0 Å². The fraction of sp³-hybridized carbons (Fsp3) is 0.368. The molecule has 2 heterocycles. The Morgan fingerprint density at radius 1 is 1.25 bits per heavy atom. The van der Waals surface area contributed by atoms with Crippen molar-refractivity contribution in [3.63, 3.8) is 0 Å². The second-order valence-electron chi connectivity index (χ2n) is 6.24. The summed E-state index contributed by atoms with van der Waals surface area (Å²) in [5.74, 6) is 1.69. The van der Waals surface area contributed by atoms with Gasteiger partial charge in [0.25, 0.3) is 0 Å². The normalized spacial score (nSPS) is 14.8. The van der Waals surface area contributed by atoms with Crippen LogP contribution in [0.3, 0.4) is 0 Å². The number of allylic oxidation sites excluding steroid dienone is 1. The maximum Gasteiger partial charge on any atom is 0.153 e. The summed E-state index contributed by atoms with van der Waals surface area (Å²) in [5.41, 5.74) is 4.42. The van der Waals surface area contributed by atoms with E-state index in [9.17, 15) is 0 Å². The van der Waals surface area contributed by atoms with E-state index in [4.69, 9.17) is 4.74 Å². The lowest BCUT2D eigenvalue weighted by Crippen LogP contribution is -2.06. The van der Waals surface area contributed by atoms with E-state index < -0.39 is 0 Å². The summed E-state index contributed by atoms with van der Waals surface area (Å²) in [6, 6.07) is 5.98. The number of methoxy groups -OCH3 is 1. The maximum absolute atomic E-state index is 5.49. The van der Waals surface area contributed by atoms with Gasteiger partial charge < -0.3 is 15.0 Å². The zero-order valence-corrected chi connectivity index (χ0v) is 13.9. The zero-order valence-electron chi connectivity index (χ0n) is 13.9. The summed E-state index contributed by atoms with van der Waals surface area (Å²) in [6.45, 7) is 0.893. The number of nitrogens with zero attached hydrogens (tertiary/aromatic N) is 2. The minimum absolute atomic E-state index is 0.829. The number of ether oxygens (including phenoxy) is 1. The summed E-state index contributed by atoms with van der Waals surface area (Å²) in [6.07, 6.45) is 10.2. The van der Waals surface area contributed by atoms with E-state index in [1.54, 1.807) is 19.0 Å². The lowest BCUT2D eigenvalue weighted by atomic mass is 9.97. The summed E-state index contributed by atoms with van der Waals surface area (Å²) in [4.78, 5) is 12.3. The predicted molar refractivity (Wildman–Crippen MR) is 97.6 cm³/mol. The van der Waals surface area contributed by atoms with Crippen molar-refractivity contribution in [2.24, 2.45) is 0 Å². The molecule has 0 amide bonds. The second kappa shape index (κ2) is 6.51. The molecule has 0 saturated carbocycles. The monoisotopic (exact) mass is 322 g/mol. The van der Waals surface area contributed by atoms with E-state index >= 15 is 0 Å². The fourth-order valence-corrected chi connectivity index (χ4v) is 3.49. The number of H-pyrrole nitrogens is 1.